The van der Waals surface area contributed by atoms with E-state index in [-0.39, 0.29) is 0 Å². The molecule has 0 amide bonds. The summed E-state index contributed by atoms with van der Waals surface area (Å²) in [6.07, 6.45) is 0.811. The molecule has 0 unspecified atom stereocenters. The van der Waals surface area contributed by atoms with Gasteiger partial charge in [-0.25, -0.2) is 9.97 Å². The quantitative estimate of drug-likeness (QED) is 0.699. The molecule has 3 nitrogen and oxygen atoms in total. The van der Waals surface area contributed by atoms with Crippen LogP contribution < -0.4 is 4.90 Å². The molecule has 4 heteroatoms. The molecular weight excluding hydrogens is 186 g/mol. The van der Waals surface area contributed by atoms with Gasteiger partial charge in [0.2, 0.25) is 0 Å². The summed E-state index contributed by atoms with van der Waals surface area (Å²) in [5.41, 5.74) is 0. The van der Waals surface area contributed by atoms with Gasteiger partial charge in [0.1, 0.15) is 16.8 Å². The third kappa shape index (κ3) is 2.56. The SMILES string of the molecule is CCc1nc(Cl)cc(N(C)CC)n1. The number of rotatable bonds is 3. The average Bonchev–Trinajstić information content (AvgIpc) is 2.15. The lowest BCUT2D eigenvalue weighted by Crippen LogP contribution is -2.18. The van der Waals surface area contributed by atoms with Crippen LogP contribution in [0.15, 0.2) is 6.07 Å². The monoisotopic (exact) mass is 199 g/mol. The lowest BCUT2D eigenvalue weighted by Gasteiger charge is -2.15. The van der Waals surface area contributed by atoms with E-state index in [0.717, 1.165) is 24.6 Å². The van der Waals surface area contributed by atoms with Crippen molar-refractivity contribution in [1.82, 2.24) is 9.97 Å². The maximum atomic E-state index is 5.85. The van der Waals surface area contributed by atoms with Crippen molar-refractivity contribution < 1.29 is 0 Å². The van der Waals surface area contributed by atoms with Crippen molar-refractivity contribution >= 4 is 17.4 Å². The molecule has 0 N–H and O–H groups in total. The first-order valence-electron chi connectivity index (χ1n) is 4.42. The number of aryl methyl sites for hydroxylation is 1. The molecule has 0 aromatic carbocycles. The Morgan fingerprint density at radius 1 is 1.38 bits per heavy atom. The Morgan fingerprint density at radius 3 is 2.62 bits per heavy atom. The van der Waals surface area contributed by atoms with Crippen molar-refractivity contribution in [3.05, 3.63) is 17.0 Å². The van der Waals surface area contributed by atoms with Crippen molar-refractivity contribution in [2.75, 3.05) is 18.5 Å². The number of hydrogen-bond acceptors (Lipinski definition) is 3. The largest absolute Gasteiger partial charge is 0.360 e. The molecule has 13 heavy (non-hydrogen) atoms. The van der Waals surface area contributed by atoms with E-state index in [1.54, 1.807) is 6.07 Å². The maximum Gasteiger partial charge on any atom is 0.134 e. The summed E-state index contributed by atoms with van der Waals surface area (Å²) in [6, 6.07) is 1.78. The molecule has 0 radical (unpaired) electrons. The van der Waals surface area contributed by atoms with E-state index in [1.165, 1.54) is 0 Å². The fraction of sp³-hybridized carbons (Fsp3) is 0.556. The van der Waals surface area contributed by atoms with Crippen molar-refractivity contribution in [3.63, 3.8) is 0 Å². The summed E-state index contributed by atoms with van der Waals surface area (Å²) < 4.78 is 0. The first-order valence-corrected chi connectivity index (χ1v) is 4.79. The molecule has 1 aromatic rings. The number of nitrogens with zero attached hydrogens (tertiary/aromatic N) is 3. The minimum atomic E-state index is 0.516. The normalized spacial score (nSPS) is 10.2. The third-order valence-electron chi connectivity index (χ3n) is 1.91. The smallest absolute Gasteiger partial charge is 0.134 e. The summed E-state index contributed by atoms with van der Waals surface area (Å²) in [5.74, 6) is 1.68. The third-order valence-corrected chi connectivity index (χ3v) is 2.10. The average molecular weight is 200 g/mol. The van der Waals surface area contributed by atoms with Gasteiger partial charge in [0.15, 0.2) is 0 Å². The van der Waals surface area contributed by atoms with E-state index in [2.05, 4.69) is 16.9 Å². The van der Waals surface area contributed by atoms with E-state index >= 15 is 0 Å². The highest BCUT2D eigenvalue weighted by Gasteiger charge is 2.04. The predicted molar refractivity (Wildman–Crippen MR) is 55.4 cm³/mol. The van der Waals surface area contributed by atoms with Crippen LogP contribution in [0.4, 0.5) is 5.82 Å². The molecule has 0 aliphatic rings. The first-order chi connectivity index (χ1) is 6.17. The van der Waals surface area contributed by atoms with Gasteiger partial charge in [-0.05, 0) is 6.92 Å². The molecule has 0 saturated heterocycles. The number of hydrogen-bond donors (Lipinski definition) is 0. The molecule has 0 aliphatic heterocycles. The lowest BCUT2D eigenvalue weighted by molar-refractivity contribution is 0.881. The number of halogens is 1. The van der Waals surface area contributed by atoms with Crippen molar-refractivity contribution in [1.29, 1.82) is 0 Å². The number of anilines is 1. The van der Waals surface area contributed by atoms with Gasteiger partial charge in [0, 0.05) is 26.1 Å². The second-order valence-corrected chi connectivity index (χ2v) is 3.22. The minimum Gasteiger partial charge on any atom is -0.360 e. The fourth-order valence-corrected chi connectivity index (χ4v) is 1.16. The Bertz CT molecular complexity index is 288. The topological polar surface area (TPSA) is 29.0 Å². The molecule has 0 atom stereocenters. The molecule has 1 heterocycles. The number of aromatic nitrogens is 2. The van der Waals surface area contributed by atoms with Crippen LogP contribution in [0.5, 0.6) is 0 Å². The zero-order chi connectivity index (χ0) is 9.84. The lowest BCUT2D eigenvalue weighted by atomic mass is 10.4. The second kappa shape index (κ2) is 4.42. The molecular formula is C9H14ClN3. The Labute approximate surface area is 83.8 Å². The molecule has 0 aliphatic carbocycles. The Balaban J connectivity index is 3.01. The fourth-order valence-electron chi connectivity index (χ4n) is 0.967. The van der Waals surface area contributed by atoms with E-state index in [4.69, 9.17) is 11.6 Å². The molecule has 0 fully saturated rings. The van der Waals surface area contributed by atoms with Crippen LogP contribution in [0.2, 0.25) is 5.15 Å². The van der Waals surface area contributed by atoms with Crippen molar-refractivity contribution in [3.8, 4) is 0 Å². The second-order valence-electron chi connectivity index (χ2n) is 2.83. The Hall–Kier alpha value is -0.830. The Kier molecular flexibility index (Phi) is 3.48. The molecule has 0 bridgehead atoms. The van der Waals surface area contributed by atoms with Gasteiger partial charge in [-0.3, -0.25) is 0 Å². The van der Waals surface area contributed by atoms with Gasteiger partial charge < -0.3 is 4.90 Å². The van der Waals surface area contributed by atoms with Gasteiger partial charge in [0.05, 0.1) is 0 Å². The van der Waals surface area contributed by atoms with E-state index in [1.807, 2.05) is 18.9 Å². The molecule has 72 valence electrons. The summed E-state index contributed by atoms with van der Waals surface area (Å²) in [6.45, 7) is 5.00. The van der Waals surface area contributed by atoms with Crippen LogP contribution in [0.1, 0.15) is 19.7 Å². The molecule has 0 spiro atoms. The van der Waals surface area contributed by atoms with Crippen molar-refractivity contribution in [2.24, 2.45) is 0 Å². The predicted octanol–water partition coefficient (Wildman–Crippen LogP) is 2.15. The van der Waals surface area contributed by atoms with Gasteiger partial charge in [-0.2, -0.15) is 0 Å². The van der Waals surface area contributed by atoms with Crippen LogP contribution in [-0.4, -0.2) is 23.6 Å². The van der Waals surface area contributed by atoms with Crippen molar-refractivity contribution in [2.45, 2.75) is 20.3 Å². The van der Waals surface area contributed by atoms with E-state index < -0.39 is 0 Å². The zero-order valence-electron chi connectivity index (χ0n) is 8.21. The van der Waals surface area contributed by atoms with Crippen LogP contribution in [-0.2, 0) is 6.42 Å². The van der Waals surface area contributed by atoms with Crippen LogP contribution >= 0.6 is 11.6 Å². The van der Waals surface area contributed by atoms with Crippen LogP contribution in [0, 0.1) is 0 Å². The van der Waals surface area contributed by atoms with Gasteiger partial charge in [-0.1, -0.05) is 18.5 Å². The van der Waals surface area contributed by atoms with E-state index in [0.29, 0.717) is 5.15 Å². The maximum absolute atomic E-state index is 5.85. The summed E-state index contributed by atoms with van der Waals surface area (Å²) in [7, 11) is 1.98. The summed E-state index contributed by atoms with van der Waals surface area (Å²) in [4.78, 5) is 10.5. The zero-order valence-corrected chi connectivity index (χ0v) is 8.97. The summed E-state index contributed by atoms with van der Waals surface area (Å²) in [5, 5.41) is 0.516. The highest BCUT2D eigenvalue weighted by Crippen LogP contribution is 2.14. The highest BCUT2D eigenvalue weighted by molar-refractivity contribution is 6.29. The van der Waals surface area contributed by atoms with Crippen LogP contribution in [0.25, 0.3) is 0 Å². The van der Waals surface area contributed by atoms with Gasteiger partial charge in [-0.15, -0.1) is 0 Å². The van der Waals surface area contributed by atoms with Crippen LogP contribution in [0.3, 0.4) is 0 Å². The molecule has 1 rings (SSSR count). The minimum absolute atomic E-state index is 0.516. The Morgan fingerprint density at radius 2 is 2.08 bits per heavy atom. The highest BCUT2D eigenvalue weighted by atomic mass is 35.5. The van der Waals surface area contributed by atoms with E-state index in [9.17, 15) is 0 Å². The standard InChI is InChI=1S/C9H14ClN3/c1-4-8-11-7(10)6-9(12-8)13(3)5-2/h6H,4-5H2,1-3H3. The van der Waals surface area contributed by atoms with Gasteiger partial charge in [0.25, 0.3) is 0 Å². The summed E-state index contributed by atoms with van der Waals surface area (Å²) >= 11 is 5.85. The van der Waals surface area contributed by atoms with Gasteiger partial charge >= 0.3 is 0 Å². The molecule has 1 aromatic heterocycles. The first kappa shape index (κ1) is 10.3. The molecule has 0 saturated carbocycles.